The molecule has 0 saturated carbocycles. The van der Waals surface area contributed by atoms with Gasteiger partial charge < -0.3 is 0 Å². The molecule has 7 aromatic carbocycles. The number of aromatic nitrogens is 2. The molecule has 0 unspecified atom stereocenters. The predicted molar refractivity (Wildman–Crippen MR) is 188 cm³/mol. The fraction of sp³-hybridized carbons (Fsp3) is 0.0698. The van der Waals surface area contributed by atoms with E-state index in [1.54, 1.807) is 0 Å². The normalized spacial score (nSPS) is 13.3. The van der Waals surface area contributed by atoms with E-state index in [2.05, 4.69) is 153 Å². The highest BCUT2D eigenvalue weighted by molar-refractivity contribution is 6.14. The number of rotatable bonds is 3. The van der Waals surface area contributed by atoms with Gasteiger partial charge in [-0.15, -0.1) is 0 Å². The molecule has 0 spiro atoms. The van der Waals surface area contributed by atoms with Crippen LogP contribution in [0, 0.1) is 0 Å². The zero-order valence-corrected chi connectivity index (χ0v) is 25.3. The molecule has 0 fully saturated rings. The third-order valence-electron chi connectivity index (χ3n) is 9.65. The molecular formula is C43H30N2. The van der Waals surface area contributed by atoms with Gasteiger partial charge in [0.05, 0.1) is 11.4 Å². The van der Waals surface area contributed by atoms with Gasteiger partial charge in [0.2, 0.25) is 0 Å². The molecule has 45 heavy (non-hydrogen) atoms. The molecule has 1 heterocycles. The average Bonchev–Trinajstić information content (AvgIpc) is 3.32. The third-order valence-corrected chi connectivity index (χ3v) is 9.65. The monoisotopic (exact) mass is 574 g/mol. The van der Waals surface area contributed by atoms with Gasteiger partial charge in [0.25, 0.3) is 0 Å². The van der Waals surface area contributed by atoms with Crippen LogP contribution in [0.3, 0.4) is 0 Å². The Morgan fingerprint density at radius 3 is 1.89 bits per heavy atom. The van der Waals surface area contributed by atoms with Crippen LogP contribution in [0.15, 0.2) is 146 Å². The number of hydrogen-bond donors (Lipinski definition) is 0. The van der Waals surface area contributed by atoms with E-state index in [0.717, 1.165) is 33.9 Å². The van der Waals surface area contributed by atoms with Crippen LogP contribution in [0.2, 0.25) is 0 Å². The number of fused-ring (bicyclic) bond motifs is 7. The van der Waals surface area contributed by atoms with Gasteiger partial charge in [-0.05, 0) is 72.8 Å². The van der Waals surface area contributed by atoms with Crippen molar-refractivity contribution < 1.29 is 0 Å². The Bertz CT molecular complexity index is 2450. The SMILES string of the molecule is CC1(C)c2cc3ccccc3cc2-c2c(-c3cc(-c4cccc5ccc6ccccc6c45)nc(-c4ccccc4)n3)cccc21. The van der Waals surface area contributed by atoms with Crippen molar-refractivity contribution in [2.24, 2.45) is 0 Å². The highest BCUT2D eigenvalue weighted by Gasteiger charge is 2.37. The molecule has 0 saturated heterocycles. The zero-order chi connectivity index (χ0) is 30.1. The van der Waals surface area contributed by atoms with Crippen LogP contribution < -0.4 is 0 Å². The minimum Gasteiger partial charge on any atom is -0.228 e. The standard InChI is InChI=1S/C43H30N2/c1-43(2)36-21-11-20-34(41(36)35-24-30-15-6-7-16-31(30)25-37(35)43)39-26-38(44-42(45-39)29-13-4-3-5-14-29)33-19-10-17-28-23-22-27-12-8-9-18-32(27)40(28)33/h3-26H,1-2H3. The van der Waals surface area contributed by atoms with Crippen LogP contribution in [0.25, 0.3) is 77.3 Å². The largest absolute Gasteiger partial charge is 0.228 e. The molecule has 0 bridgehead atoms. The fourth-order valence-electron chi connectivity index (χ4n) is 7.40. The Morgan fingerprint density at radius 2 is 1.07 bits per heavy atom. The Labute approximate surface area is 262 Å². The summed E-state index contributed by atoms with van der Waals surface area (Å²) >= 11 is 0. The van der Waals surface area contributed by atoms with E-state index in [1.165, 1.54) is 54.6 Å². The first kappa shape index (κ1) is 25.9. The summed E-state index contributed by atoms with van der Waals surface area (Å²) in [6.45, 7) is 4.69. The highest BCUT2D eigenvalue weighted by Crippen LogP contribution is 2.53. The second kappa shape index (κ2) is 9.70. The first-order valence-electron chi connectivity index (χ1n) is 15.6. The van der Waals surface area contributed by atoms with Crippen LogP contribution in [-0.4, -0.2) is 9.97 Å². The van der Waals surface area contributed by atoms with Gasteiger partial charge in [0.1, 0.15) is 0 Å². The summed E-state index contributed by atoms with van der Waals surface area (Å²) in [6, 6.07) is 52.3. The molecule has 2 nitrogen and oxygen atoms in total. The zero-order valence-electron chi connectivity index (χ0n) is 25.3. The summed E-state index contributed by atoms with van der Waals surface area (Å²) in [7, 11) is 0. The maximum atomic E-state index is 5.29. The molecule has 9 rings (SSSR count). The summed E-state index contributed by atoms with van der Waals surface area (Å²) in [4.78, 5) is 10.5. The maximum Gasteiger partial charge on any atom is 0.160 e. The molecule has 212 valence electrons. The van der Waals surface area contributed by atoms with E-state index in [9.17, 15) is 0 Å². The third kappa shape index (κ3) is 3.96. The Hall–Kier alpha value is -5.60. The minimum atomic E-state index is -0.128. The Balaban J connectivity index is 1.35. The van der Waals surface area contributed by atoms with Gasteiger partial charge in [0.15, 0.2) is 5.82 Å². The Kier molecular flexibility index (Phi) is 5.58. The summed E-state index contributed by atoms with van der Waals surface area (Å²) in [5, 5.41) is 7.41. The topological polar surface area (TPSA) is 25.8 Å². The first-order chi connectivity index (χ1) is 22.1. The lowest BCUT2D eigenvalue weighted by atomic mass is 9.81. The minimum absolute atomic E-state index is 0.128. The predicted octanol–water partition coefficient (Wildman–Crippen LogP) is 11.2. The molecule has 1 aromatic heterocycles. The summed E-state index contributed by atoms with van der Waals surface area (Å²) in [5.41, 5.74) is 10.3. The van der Waals surface area contributed by atoms with Crippen molar-refractivity contribution in [1.82, 2.24) is 9.97 Å². The summed E-state index contributed by atoms with van der Waals surface area (Å²) in [5.74, 6) is 0.730. The van der Waals surface area contributed by atoms with E-state index in [-0.39, 0.29) is 5.41 Å². The van der Waals surface area contributed by atoms with Crippen molar-refractivity contribution in [1.29, 1.82) is 0 Å². The van der Waals surface area contributed by atoms with Gasteiger partial charge in [0, 0.05) is 22.1 Å². The van der Waals surface area contributed by atoms with E-state index in [1.807, 2.05) is 6.07 Å². The number of nitrogens with zero attached hydrogens (tertiary/aromatic N) is 2. The smallest absolute Gasteiger partial charge is 0.160 e. The molecule has 0 amide bonds. The van der Waals surface area contributed by atoms with Crippen molar-refractivity contribution in [3.8, 4) is 45.0 Å². The first-order valence-corrected chi connectivity index (χ1v) is 15.6. The Morgan fingerprint density at radius 1 is 0.444 bits per heavy atom. The van der Waals surface area contributed by atoms with Crippen molar-refractivity contribution >= 4 is 32.3 Å². The molecule has 0 aliphatic heterocycles. The second-order valence-corrected chi connectivity index (χ2v) is 12.6. The quantitative estimate of drug-likeness (QED) is 0.196. The van der Waals surface area contributed by atoms with Crippen molar-refractivity contribution in [3.63, 3.8) is 0 Å². The molecule has 1 aliphatic carbocycles. The van der Waals surface area contributed by atoms with E-state index < -0.39 is 0 Å². The summed E-state index contributed by atoms with van der Waals surface area (Å²) < 4.78 is 0. The maximum absolute atomic E-state index is 5.29. The highest BCUT2D eigenvalue weighted by atomic mass is 14.9. The second-order valence-electron chi connectivity index (χ2n) is 12.6. The van der Waals surface area contributed by atoms with Crippen molar-refractivity contribution in [2.45, 2.75) is 19.3 Å². The number of hydrogen-bond acceptors (Lipinski definition) is 2. The van der Waals surface area contributed by atoms with Crippen LogP contribution >= 0.6 is 0 Å². The van der Waals surface area contributed by atoms with E-state index in [0.29, 0.717) is 0 Å². The lowest BCUT2D eigenvalue weighted by Crippen LogP contribution is -2.14. The van der Waals surface area contributed by atoms with Crippen LogP contribution in [0.5, 0.6) is 0 Å². The van der Waals surface area contributed by atoms with Gasteiger partial charge >= 0.3 is 0 Å². The van der Waals surface area contributed by atoms with Crippen LogP contribution in [0.4, 0.5) is 0 Å². The molecule has 0 radical (unpaired) electrons. The molecule has 8 aromatic rings. The van der Waals surface area contributed by atoms with Gasteiger partial charge in [-0.3, -0.25) is 0 Å². The van der Waals surface area contributed by atoms with E-state index >= 15 is 0 Å². The molecule has 0 atom stereocenters. The lowest BCUT2D eigenvalue weighted by Gasteiger charge is -2.22. The molecule has 0 N–H and O–H groups in total. The average molecular weight is 575 g/mol. The van der Waals surface area contributed by atoms with Crippen LogP contribution in [-0.2, 0) is 5.41 Å². The van der Waals surface area contributed by atoms with Gasteiger partial charge in [-0.1, -0.05) is 141 Å². The molecule has 1 aliphatic rings. The van der Waals surface area contributed by atoms with E-state index in [4.69, 9.17) is 9.97 Å². The number of benzene rings is 7. The fourth-order valence-corrected chi connectivity index (χ4v) is 7.40. The molecule has 2 heteroatoms. The van der Waals surface area contributed by atoms with Crippen molar-refractivity contribution in [2.75, 3.05) is 0 Å². The van der Waals surface area contributed by atoms with Crippen LogP contribution in [0.1, 0.15) is 25.0 Å². The summed E-state index contributed by atoms with van der Waals surface area (Å²) in [6.07, 6.45) is 0. The molecular weight excluding hydrogens is 544 g/mol. The van der Waals surface area contributed by atoms with Crippen molar-refractivity contribution in [3.05, 3.63) is 157 Å². The van der Waals surface area contributed by atoms with Gasteiger partial charge in [-0.2, -0.15) is 0 Å². The van der Waals surface area contributed by atoms with Gasteiger partial charge in [-0.25, -0.2) is 9.97 Å². The lowest BCUT2D eigenvalue weighted by molar-refractivity contribution is 0.661.